The van der Waals surface area contributed by atoms with Crippen LogP contribution in [0, 0.1) is 0 Å². The Hall–Kier alpha value is -2.26. The monoisotopic (exact) mass is 538 g/mol. The Morgan fingerprint density at radius 2 is 2.03 bits per heavy atom. The third kappa shape index (κ3) is 10.5. The summed E-state index contributed by atoms with van der Waals surface area (Å²) < 4.78 is 12.0. The van der Waals surface area contributed by atoms with Gasteiger partial charge in [0, 0.05) is 31.2 Å². The van der Waals surface area contributed by atoms with Gasteiger partial charge in [0.2, 0.25) is 5.91 Å². The van der Waals surface area contributed by atoms with E-state index in [1.807, 2.05) is 25.3 Å². The first kappa shape index (κ1) is 27.0. The SMILES string of the molecule is CC(=O)N[C@H]1CCCc2csc(n2)C[C@@H](/C=C(\C)Br)OC(=O)/C=C\C=C(/C)C[C@H](C)OC1=O. The van der Waals surface area contributed by atoms with Gasteiger partial charge in [0.05, 0.1) is 10.7 Å². The number of nitrogens with one attached hydrogen (secondary N) is 1. The zero-order chi connectivity index (χ0) is 24.4. The summed E-state index contributed by atoms with van der Waals surface area (Å²) in [5.74, 6) is -1.16. The maximum Gasteiger partial charge on any atom is 0.331 e. The van der Waals surface area contributed by atoms with Crippen LogP contribution < -0.4 is 5.32 Å². The second-order valence-electron chi connectivity index (χ2n) is 8.13. The zero-order valence-corrected chi connectivity index (χ0v) is 21.8. The molecule has 2 heterocycles. The number of thiazole rings is 1. The van der Waals surface area contributed by atoms with Crippen LogP contribution in [-0.2, 0) is 36.7 Å². The molecule has 1 aromatic rings. The van der Waals surface area contributed by atoms with E-state index >= 15 is 0 Å². The van der Waals surface area contributed by atoms with E-state index in [-0.39, 0.29) is 12.0 Å². The zero-order valence-electron chi connectivity index (χ0n) is 19.4. The lowest BCUT2D eigenvalue weighted by atomic mass is 10.1. The lowest BCUT2D eigenvalue weighted by Crippen LogP contribution is -2.41. The summed E-state index contributed by atoms with van der Waals surface area (Å²) >= 11 is 4.92. The Morgan fingerprint density at radius 1 is 1.27 bits per heavy atom. The van der Waals surface area contributed by atoms with E-state index < -0.39 is 24.1 Å². The molecule has 1 N–H and O–H groups in total. The van der Waals surface area contributed by atoms with Crippen molar-refractivity contribution in [2.24, 2.45) is 0 Å². The molecule has 0 unspecified atom stereocenters. The molecule has 7 nitrogen and oxygen atoms in total. The van der Waals surface area contributed by atoms with Crippen molar-refractivity contribution < 1.29 is 23.9 Å². The van der Waals surface area contributed by atoms with Gasteiger partial charge in [-0.2, -0.15) is 0 Å². The highest BCUT2D eigenvalue weighted by Crippen LogP contribution is 2.19. The van der Waals surface area contributed by atoms with Gasteiger partial charge in [-0.15, -0.1) is 11.3 Å². The number of aryl methyl sites for hydroxylation is 1. The number of aromatic nitrogens is 1. The number of hydrogen-bond donors (Lipinski definition) is 1. The molecule has 0 spiro atoms. The van der Waals surface area contributed by atoms with Crippen LogP contribution in [0.1, 0.15) is 57.7 Å². The van der Waals surface area contributed by atoms with Crippen LogP contribution in [0.25, 0.3) is 0 Å². The smallest absolute Gasteiger partial charge is 0.331 e. The van der Waals surface area contributed by atoms with Crippen LogP contribution in [-0.4, -0.2) is 41.1 Å². The van der Waals surface area contributed by atoms with E-state index in [2.05, 4.69) is 26.2 Å². The Labute approximate surface area is 207 Å². The Kier molecular flexibility index (Phi) is 11.0. The quantitative estimate of drug-likeness (QED) is 0.554. The average molecular weight is 539 g/mol. The second-order valence-corrected chi connectivity index (χ2v) is 10.3. The van der Waals surface area contributed by atoms with Gasteiger partial charge in [-0.25, -0.2) is 14.6 Å². The first-order valence-electron chi connectivity index (χ1n) is 10.9. The van der Waals surface area contributed by atoms with Crippen LogP contribution in [0.4, 0.5) is 0 Å². The van der Waals surface area contributed by atoms with Crippen molar-refractivity contribution in [3.05, 3.63) is 50.4 Å². The van der Waals surface area contributed by atoms with Gasteiger partial charge < -0.3 is 14.8 Å². The first-order valence-corrected chi connectivity index (χ1v) is 12.6. The van der Waals surface area contributed by atoms with Crippen molar-refractivity contribution in [2.75, 3.05) is 0 Å². The summed E-state index contributed by atoms with van der Waals surface area (Å²) in [4.78, 5) is 41.2. The predicted molar refractivity (Wildman–Crippen MR) is 132 cm³/mol. The number of esters is 2. The van der Waals surface area contributed by atoms with Gasteiger partial charge in [0.1, 0.15) is 18.2 Å². The first-order chi connectivity index (χ1) is 15.6. The molecule has 3 atom stereocenters. The number of cyclic esters (lactones) is 2. The molecule has 1 aliphatic rings. The Bertz CT molecular complexity index is 933. The van der Waals surface area contributed by atoms with Crippen LogP contribution in [0.3, 0.4) is 0 Å². The number of amides is 1. The van der Waals surface area contributed by atoms with Crippen molar-refractivity contribution in [3.8, 4) is 0 Å². The lowest BCUT2D eigenvalue weighted by molar-refractivity contribution is -0.152. The van der Waals surface area contributed by atoms with Crippen molar-refractivity contribution in [2.45, 2.75) is 78.0 Å². The number of hydrogen-bond acceptors (Lipinski definition) is 7. The van der Waals surface area contributed by atoms with Crippen LogP contribution in [0.15, 0.2) is 39.7 Å². The molecule has 9 heteroatoms. The van der Waals surface area contributed by atoms with E-state index in [0.717, 1.165) is 20.8 Å². The third-order valence-corrected chi connectivity index (χ3v) is 5.97. The fourth-order valence-corrected chi connectivity index (χ4v) is 4.59. The Balaban J connectivity index is 2.25. The van der Waals surface area contributed by atoms with E-state index in [1.54, 1.807) is 19.1 Å². The molecule has 180 valence electrons. The van der Waals surface area contributed by atoms with Gasteiger partial charge in [-0.05, 0) is 50.6 Å². The maximum atomic E-state index is 12.6. The highest BCUT2D eigenvalue weighted by molar-refractivity contribution is 9.11. The summed E-state index contributed by atoms with van der Waals surface area (Å²) in [6.07, 6.45) is 8.60. The fourth-order valence-electron chi connectivity index (χ4n) is 3.42. The second kappa shape index (κ2) is 13.4. The minimum Gasteiger partial charge on any atom is -0.461 e. The van der Waals surface area contributed by atoms with Crippen LogP contribution >= 0.6 is 27.3 Å². The minimum absolute atomic E-state index is 0.272. The van der Waals surface area contributed by atoms with Crippen molar-refractivity contribution in [1.82, 2.24) is 10.3 Å². The molecule has 2 rings (SSSR count). The molecule has 1 amide bonds. The number of allylic oxidation sites excluding steroid dienone is 3. The summed E-state index contributed by atoms with van der Waals surface area (Å²) in [6, 6.07) is -0.697. The molecule has 0 fully saturated rings. The van der Waals surface area contributed by atoms with Crippen molar-refractivity contribution in [1.29, 1.82) is 0 Å². The molecule has 33 heavy (non-hydrogen) atoms. The molecule has 0 saturated heterocycles. The van der Waals surface area contributed by atoms with Gasteiger partial charge in [0.15, 0.2) is 0 Å². The minimum atomic E-state index is -0.697. The maximum absolute atomic E-state index is 12.6. The number of nitrogens with zero attached hydrogens (tertiary/aromatic N) is 1. The van der Waals surface area contributed by atoms with Gasteiger partial charge in [-0.1, -0.05) is 33.7 Å². The predicted octanol–water partition coefficient (Wildman–Crippen LogP) is 4.56. The molecule has 0 aliphatic carbocycles. The standard InChI is InChI=1S/C24H31BrN2O5S/c1-15-7-5-10-23(29)32-20(12-16(2)25)13-22-27-19(14-33-22)8-6-9-21(26-18(4)28)24(30)31-17(3)11-15/h5,7,10,12,14,17,20-21H,6,8-9,11,13H2,1-4H3,(H,26,28)/b10-5-,15-7+,16-12+/t17-,20+,21-/m0/s1. The summed E-state index contributed by atoms with van der Waals surface area (Å²) in [6.45, 7) is 6.97. The molecule has 1 aliphatic heterocycles. The molecule has 0 aromatic carbocycles. The third-order valence-electron chi connectivity index (χ3n) is 4.79. The number of carbonyl (C=O) groups is 3. The molecule has 0 saturated carbocycles. The van der Waals surface area contributed by atoms with Crippen LogP contribution in [0.5, 0.6) is 0 Å². The molecular weight excluding hydrogens is 508 g/mol. The van der Waals surface area contributed by atoms with E-state index in [9.17, 15) is 14.4 Å². The number of rotatable bonds is 2. The van der Waals surface area contributed by atoms with Gasteiger partial charge in [-0.3, -0.25) is 4.79 Å². The molecular formula is C24H31BrN2O5S. The highest BCUT2D eigenvalue weighted by Gasteiger charge is 2.23. The number of fused-ring (bicyclic) bond motifs is 2. The van der Waals surface area contributed by atoms with Crippen LogP contribution in [0.2, 0.25) is 0 Å². The number of carbonyl (C=O) groups excluding carboxylic acids is 3. The normalized spacial score (nSPS) is 26.5. The topological polar surface area (TPSA) is 94.6 Å². The fraction of sp³-hybridized carbons (Fsp3) is 0.500. The van der Waals surface area contributed by atoms with Gasteiger partial charge in [0.25, 0.3) is 0 Å². The molecule has 0 radical (unpaired) electrons. The lowest BCUT2D eigenvalue weighted by Gasteiger charge is -2.20. The van der Waals surface area contributed by atoms with Gasteiger partial charge >= 0.3 is 11.9 Å². The van der Waals surface area contributed by atoms with E-state index in [4.69, 9.17) is 9.47 Å². The largest absolute Gasteiger partial charge is 0.461 e. The summed E-state index contributed by atoms with van der Waals surface area (Å²) in [5, 5.41) is 5.53. The number of ether oxygens (including phenoxy) is 2. The highest BCUT2D eigenvalue weighted by atomic mass is 79.9. The summed E-state index contributed by atoms with van der Waals surface area (Å²) in [7, 11) is 0. The van der Waals surface area contributed by atoms with E-state index in [0.29, 0.717) is 32.1 Å². The number of halogens is 1. The van der Waals surface area contributed by atoms with Crippen molar-refractivity contribution in [3.63, 3.8) is 0 Å². The molecule has 1 aromatic heterocycles. The Morgan fingerprint density at radius 3 is 2.73 bits per heavy atom. The molecule has 2 bridgehead atoms. The summed E-state index contributed by atoms with van der Waals surface area (Å²) in [5.41, 5.74) is 1.84. The average Bonchev–Trinajstić information content (AvgIpc) is 3.12. The van der Waals surface area contributed by atoms with Crippen molar-refractivity contribution >= 4 is 45.1 Å². The van der Waals surface area contributed by atoms with E-state index in [1.165, 1.54) is 24.3 Å².